The van der Waals surface area contributed by atoms with Crippen LogP contribution in [0.5, 0.6) is 5.75 Å². The Labute approximate surface area is 107 Å². The third-order valence-electron chi connectivity index (χ3n) is 2.30. The van der Waals surface area contributed by atoms with Gasteiger partial charge in [0.1, 0.15) is 11.6 Å². The average Bonchev–Trinajstić information content (AvgIpc) is 2.83. The topological polar surface area (TPSA) is 85.5 Å². The van der Waals surface area contributed by atoms with Gasteiger partial charge in [0.05, 0.1) is 5.56 Å². The lowest BCUT2D eigenvalue weighted by Gasteiger charge is -2.04. The maximum atomic E-state index is 13.2. The van der Waals surface area contributed by atoms with Crippen molar-refractivity contribution in [2.75, 3.05) is 0 Å². The molecule has 1 heterocycles. The number of halogens is 1. The van der Waals surface area contributed by atoms with Gasteiger partial charge < -0.3 is 14.4 Å². The standard InChI is InChI=1S/C12H11FN2O4/c1-2-11-14-10(15-19-11)6-18-9-4-7(12(16)17)3-8(13)5-9/h3-5H,2,6H2,1H3,(H,16,17). The minimum atomic E-state index is -1.22. The van der Waals surface area contributed by atoms with E-state index in [1.54, 1.807) is 0 Å². The summed E-state index contributed by atoms with van der Waals surface area (Å²) in [6.45, 7) is 1.84. The van der Waals surface area contributed by atoms with E-state index < -0.39 is 11.8 Å². The first-order valence-corrected chi connectivity index (χ1v) is 5.56. The molecule has 19 heavy (non-hydrogen) atoms. The smallest absolute Gasteiger partial charge is 0.335 e. The van der Waals surface area contributed by atoms with E-state index in [9.17, 15) is 9.18 Å². The fraction of sp³-hybridized carbons (Fsp3) is 0.250. The number of carbonyl (C=O) groups is 1. The molecule has 0 aliphatic carbocycles. The summed E-state index contributed by atoms with van der Waals surface area (Å²) in [5, 5.41) is 12.5. The van der Waals surface area contributed by atoms with Gasteiger partial charge in [-0.05, 0) is 12.1 Å². The average molecular weight is 266 g/mol. The van der Waals surface area contributed by atoms with Gasteiger partial charge in [-0.1, -0.05) is 12.1 Å². The fourth-order valence-electron chi connectivity index (χ4n) is 1.41. The van der Waals surface area contributed by atoms with Crippen LogP contribution < -0.4 is 4.74 Å². The summed E-state index contributed by atoms with van der Waals surface area (Å²) in [6.07, 6.45) is 0.607. The minimum Gasteiger partial charge on any atom is -0.485 e. The molecule has 2 aromatic rings. The highest BCUT2D eigenvalue weighted by atomic mass is 19.1. The number of aryl methyl sites for hydroxylation is 1. The van der Waals surface area contributed by atoms with Crippen LogP contribution in [0.15, 0.2) is 22.7 Å². The molecule has 1 aromatic heterocycles. The van der Waals surface area contributed by atoms with Crippen molar-refractivity contribution in [2.24, 2.45) is 0 Å². The summed E-state index contributed by atoms with van der Waals surface area (Å²) < 4.78 is 23.3. The van der Waals surface area contributed by atoms with Crippen LogP contribution in [0.2, 0.25) is 0 Å². The van der Waals surface area contributed by atoms with Gasteiger partial charge in [0.15, 0.2) is 6.61 Å². The van der Waals surface area contributed by atoms with Crippen LogP contribution in [-0.4, -0.2) is 21.2 Å². The number of hydrogen-bond donors (Lipinski definition) is 1. The molecule has 7 heteroatoms. The molecule has 0 saturated carbocycles. The zero-order valence-corrected chi connectivity index (χ0v) is 10.1. The molecule has 0 unspecified atom stereocenters. The van der Waals surface area contributed by atoms with Crippen LogP contribution >= 0.6 is 0 Å². The Morgan fingerprint density at radius 3 is 2.89 bits per heavy atom. The van der Waals surface area contributed by atoms with Gasteiger partial charge in [-0.15, -0.1) is 0 Å². The van der Waals surface area contributed by atoms with Gasteiger partial charge in [0, 0.05) is 12.5 Å². The number of carboxylic acid groups (broad SMARTS) is 1. The summed E-state index contributed by atoms with van der Waals surface area (Å²) >= 11 is 0. The van der Waals surface area contributed by atoms with Crippen LogP contribution in [0.4, 0.5) is 4.39 Å². The second kappa shape index (κ2) is 5.47. The van der Waals surface area contributed by atoms with Gasteiger partial charge >= 0.3 is 5.97 Å². The number of hydrogen-bond acceptors (Lipinski definition) is 5. The molecule has 0 saturated heterocycles. The Balaban J connectivity index is 2.08. The van der Waals surface area contributed by atoms with E-state index in [1.165, 1.54) is 6.07 Å². The van der Waals surface area contributed by atoms with E-state index in [0.29, 0.717) is 18.1 Å². The van der Waals surface area contributed by atoms with Crippen LogP contribution in [0.1, 0.15) is 29.0 Å². The normalized spacial score (nSPS) is 10.4. The Morgan fingerprint density at radius 2 is 2.26 bits per heavy atom. The molecule has 0 atom stereocenters. The van der Waals surface area contributed by atoms with Gasteiger partial charge in [0.25, 0.3) is 0 Å². The molecule has 100 valence electrons. The molecule has 1 aromatic carbocycles. The van der Waals surface area contributed by atoms with Crippen LogP contribution in [-0.2, 0) is 13.0 Å². The molecule has 0 aliphatic rings. The van der Waals surface area contributed by atoms with Crippen molar-refractivity contribution in [2.45, 2.75) is 20.0 Å². The second-order valence-corrected chi connectivity index (χ2v) is 3.73. The molecule has 0 amide bonds. The van der Waals surface area contributed by atoms with E-state index >= 15 is 0 Å². The molecule has 1 N–H and O–H groups in total. The highest BCUT2D eigenvalue weighted by molar-refractivity contribution is 5.88. The van der Waals surface area contributed by atoms with Crippen LogP contribution in [0.25, 0.3) is 0 Å². The van der Waals surface area contributed by atoms with Gasteiger partial charge in [-0.2, -0.15) is 4.98 Å². The Hall–Kier alpha value is -2.44. The molecule has 2 rings (SSSR count). The Kier molecular flexibility index (Phi) is 3.74. The highest BCUT2D eigenvalue weighted by Crippen LogP contribution is 2.17. The predicted molar refractivity (Wildman–Crippen MR) is 61.4 cm³/mol. The second-order valence-electron chi connectivity index (χ2n) is 3.73. The molecule has 6 nitrogen and oxygen atoms in total. The van der Waals surface area contributed by atoms with Crippen molar-refractivity contribution >= 4 is 5.97 Å². The zero-order valence-electron chi connectivity index (χ0n) is 10.1. The van der Waals surface area contributed by atoms with E-state index in [0.717, 1.165) is 12.1 Å². The number of benzene rings is 1. The number of aromatic nitrogens is 2. The predicted octanol–water partition coefficient (Wildman–Crippen LogP) is 2.05. The fourth-order valence-corrected chi connectivity index (χ4v) is 1.41. The van der Waals surface area contributed by atoms with E-state index in [2.05, 4.69) is 10.1 Å². The first-order valence-electron chi connectivity index (χ1n) is 5.56. The number of carboxylic acids is 1. The van der Waals surface area contributed by atoms with Crippen molar-refractivity contribution < 1.29 is 23.6 Å². The number of aromatic carboxylic acids is 1. The van der Waals surface area contributed by atoms with Crippen molar-refractivity contribution in [3.63, 3.8) is 0 Å². The first kappa shape index (κ1) is 13.0. The van der Waals surface area contributed by atoms with Gasteiger partial charge in [0.2, 0.25) is 11.7 Å². The maximum Gasteiger partial charge on any atom is 0.335 e. The summed E-state index contributed by atoms with van der Waals surface area (Å²) in [4.78, 5) is 14.8. The zero-order chi connectivity index (χ0) is 13.8. The van der Waals surface area contributed by atoms with E-state index in [4.69, 9.17) is 14.4 Å². The summed E-state index contributed by atoms with van der Waals surface area (Å²) in [5.41, 5.74) is -0.183. The largest absolute Gasteiger partial charge is 0.485 e. The molecular weight excluding hydrogens is 255 g/mol. The number of nitrogens with zero attached hydrogens (tertiary/aromatic N) is 2. The monoisotopic (exact) mass is 266 g/mol. The quantitative estimate of drug-likeness (QED) is 0.891. The SMILES string of the molecule is CCc1nc(COc2cc(F)cc(C(=O)O)c2)no1. The number of ether oxygens (including phenoxy) is 1. The molecule has 0 bridgehead atoms. The van der Waals surface area contributed by atoms with Crippen molar-refractivity contribution in [1.82, 2.24) is 10.1 Å². The first-order chi connectivity index (χ1) is 9.08. The lowest BCUT2D eigenvalue weighted by molar-refractivity contribution is 0.0695. The Bertz CT molecular complexity index is 597. The lowest BCUT2D eigenvalue weighted by atomic mass is 10.2. The maximum absolute atomic E-state index is 13.2. The minimum absolute atomic E-state index is 0.0218. The summed E-state index contributed by atoms with van der Waals surface area (Å²) in [5.74, 6) is -1.02. The molecule has 0 radical (unpaired) electrons. The summed E-state index contributed by atoms with van der Waals surface area (Å²) in [6, 6.07) is 3.23. The third-order valence-corrected chi connectivity index (χ3v) is 2.30. The van der Waals surface area contributed by atoms with Crippen molar-refractivity contribution in [1.29, 1.82) is 0 Å². The van der Waals surface area contributed by atoms with Crippen molar-refractivity contribution in [3.05, 3.63) is 41.3 Å². The number of rotatable bonds is 5. The van der Waals surface area contributed by atoms with Crippen molar-refractivity contribution in [3.8, 4) is 5.75 Å². The van der Waals surface area contributed by atoms with Gasteiger partial charge in [-0.25, -0.2) is 9.18 Å². The highest BCUT2D eigenvalue weighted by Gasteiger charge is 2.09. The summed E-state index contributed by atoms with van der Waals surface area (Å²) in [7, 11) is 0. The molecule has 0 spiro atoms. The van der Waals surface area contributed by atoms with Crippen LogP contribution in [0.3, 0.4) is 0 Å². The Morgan fingerprint density at radius 1 is 1.47 bits per heavy atom. The molecule has 0 fully saturated rings. The molecular formula is C12H11FN2O4. The molecule has 0 aliphatic heterocycles. The van der Waals surface area contributed by atoms with E-state index in [1.807, 2.05) is 6.92 Å². The van der Waals surface area contributed by atoms with Gasteiger partial charge in [-0.3, -0.25) is 0 Å². The lowest BCUT2D eigenvalue weighted by Crippen LogP contribution is -2.01. The van der Waals surface area contributed by atoms with Crippen LogP contribution in [0, 0.1) is 5.82 Å². The van der Waals surface area contributed by atoms with E-state index in [-0.39, 0.29) is 17.9 Å². The third kappa shape index (κ3) is 3.27.